The number of rotatable bonds is 7. The lowest BCUT2D eigenvalue weighted by molar-refractivity contribution is -0.121. The van der Waals surface area contributed by atoms with E-state index in [4.69, 9.17) is 0 Å². The molecule has 0 aromatic heterocycles. The molecule has 1 heterocycles. The predicted octanol–water partition coefficient (Wildman–Crippen LogP) is 0.883. The number of aryl methyl sites for hydroxylation is 1. The normalized spacial score (nSPS) is 18.9. The molecule has 3 N–H and O–H groups in total. The Balaban J connectivity index is 1.79. The van der Waals surface area contributed by atoms with Gasteiger partial charge in [-0.2, -0.15) is 0 Å². The Kier molecular flexibility index (Phi) is 7.58. The van der Waals surface area contributed by atoms with Gasteiger partial charge in [0.1, 0.15) is 5.82 Å². The number of nitrogens with zero attached hydrogens (tertiary/aromatic N) is 1. The molecule has 1 aromatic carbocycles. The summed E-state index contributed by atoms with van der Waals surface area (Å²) in [6.45, 7) is 4.97. The number of hydrogen-bond donors (Lipinski definition) is 3. The third-order valence-electron chi connectivity index (χ3n) is 4.24. The third-order valence-corrected chi connectivity index (χ3v) is 6.01. The summed E-state index contributed by atoms with van der Waals surface area (Å²) in [5.74, 6) is 0.234. The van der Waals surface area contributed by atoms with Crippen molar-refractivity contribution in [3.63, 3.8) is 0 Å². The summed E-state index contributed by atoms with van der Waals surface area (Å²) in [5.41, 5.74) is 1.35. The summed E-state index contributed by atoms with van der Waals surface area (Å²) in [4.78, 5) is 16.3. The highest BCUT2D eigenvalue weighted by atomic mass is 32.2. The van der Waals surface area contributed by atoms with Gasteiger partial charge in [0.2, 0.25) is 5.91 Å². The van der Waals surface area contributed by atoms with Gasteiger partial charge in [0, 0.05) is 25.6 Å². The van der Waals surface area contributed by atoms with Crippen LogP contribution >= 0.6 is 0 Å². The first-order valence-electron chi connectivity index (χ1n) is 9.06. The van der Waals surface area contributed by atoms with Crippen LogP contribution in [0.5, 0.6) is 0 Å². The fourth-order valence-electron chi connectivity index (χ4n) is 2.75. The molecule has 0 bridgehead atoms. The van der Waals surface area contributed by atoms with E-state index in [9.17, 15) is 17.6 Å². The minimum absolute atomic E-state index is 0.0172. The van der Waals surface area contributed by atoms with Crippen LogP contribution in [0.15, 0.2) is 23.2 Å². The van der Waals surface area contributed by atoms with E-state index >= 15 is 0 Å². The Morgan fingerprint density at radius 1 is 1.33 bits per heavy atom. The van der Waals surface area contributed by atoms with Gasteiger partial charge in [0.25, 0.3) is 0 Å². The second-order valence-electron chi connectivity index (χ2n) is 6.62. The summed E-state index contributed by atoms with van der Waals surface area (Å²) in [7, 11) is -3.01. The summed E-state index contributed by atoms with van der Waals surface area (Å²) in [5, 5.41) is 8.88. The minimum Gasteiger partial charge on any atom is -0.357 e. The number of carbonyl (C=O) groups excluding carboxylic acids is 1. The summed E-state index contributed by atoms with van der Waals surface area (Å²) >= 11 is 0. The van der Waals surface area contributed by atoms with Crippen LogP contribution in [-0.4, -0.2) is 50.9 Å². The summed E-state index contributed by atoms with van der Waals surface area (Å²) in [6, 6.07) is 4.72. The molecule has 27 heavy (non-hydrogen) atoms. The van der Waals surface area contributed by atoms with Gasteiger partial charge in [-0.1, -0.05) is 12.1 Å². The zero-order chi connectivity index (χ0) is 19.9. The number of carbonyl (C=O) groups is 1. The maximum absolute atomic E-state index is 13.6. The molecule has 7 nitrogen and oxygen atoms in total. The van der Waals surface area contributed by atoms with Gasteiger partial charge in [-0.3, -0.25) is 4.79 Å². The van der Waals surface area contributed by atoms with Gasteiger partial charge in [-0.05, 0) is 37.5 Å². The second kappa shape index (κ2) is 9.68. The van der Waals surface area contributed by atoms with Crippen molar-refractivity contribution >= 4 is 21.7 Å². The molecule has 0 spiro atoms. The molecule has 1 aliphatic heterocycles. The lowest BCUT2D eigenvalue weighted by Gasteiger charge is -2.13. The first-order chi connectivity index (χ1) is 12.8. The predicted molar refractivity (Wildman–Crippen MR) is 104 cm³/mol. The maximum Gasteiger partial charge on any atom is 0.222 e. The molecule has 0 aliphatic carbocycles. The number of sulfone groups is 1. The van der Waals surface area contributed by atoms with Crippen molar-refractivity contribution in [1.82, 2.24) is 16.0 Å². The molecule has 1 aliphatic rings. The molecule has 1 amide bonds. The van der Waals surface area contributed by atoms with Crippen LogP contribution in [0.25, 0.3) is 0 Å². The van der Waals surface area contributed by atoms with E-state index < -0.39 is 9.84 Å². The molecule has 2 rings (SSSR count). The fourth-order valence-corrected chi connectivity index (χ4v) is 4.42. The van der Waals surface area contributed by atoms with Crippen molar-refractivity contribution < 1.29 is 17.6 Å². The molecule has 150 valence electrons. The quantitative estimate of drug-likeness (QED) is 0.468. The highest BCUT2D eigenvalue weighted by Gasteiger charge is 2.28. The molecule has 0 radical (unpaired) electrons. The first-order valence-corrected chi connectivity index (χ1v) is 10.9. The van der Waals surface area contributed by atoms with Crippen LogP contribution in [0.2, 0.25) is 0 Å². The molecule has 0 saturated carbocycles. The number of guanidine groups is 1. The highest BCUT2D eigenvalue weighted by molar-refractivity contribution is 7.91. The van der Waals surface area contributed by atoms with Crippen LogP contribution in [0.1, 0.15) is 30.9 Å². The summed E-state index contributed by atoms with van der Waals surface area (Å²) in [6.07, 6.45) is 0.679. The molecule has 1 unspecified atom stereocenters. The molecule has 1 aromatic rings. The van der Waals surface area contributed by atoms with Crippen LogP contribution < -0.4 is 16.0 Å². The molecule has 1 fully saturated rings. The van der Waals surface area contributed by atoms with Gasteiger partial charge >= 0.3 is 0 Å². The van der Waals surface area contributed by atoms with E-state index in [1.807, 2.05) is 13.0 Å². The van der Waals surface area contributed by atoms with E-state index in [1.54, 1.807) is 13.0 Å². The number of benzene rings is 1. The Labute approximate surface area is 159 Å². The Morgan fingerprint density at radius 2 is 2.11 bits per heavy atom. The van der Waals surface area contributed by atoms with Crippen molar-refractivity contribution in [2.45, 2.75) is 39.3 Å². The van der Waals surface area contributed by atoms with Crippen LogP contribution in [-0.2, 0) is 21.2 Å². The van der Waals surface area contributed by atoms with Crippen LogP contribution in [0.4, 0.5) is 4.39 Å². The van der Waals surface area contributed by atoms with Crippen molar-refractivity contribution in [3.8, 4) is 0 Å². The molecular formula is C18H27FN4O3S. The van der Waals surface area contributed by atoms with Crippen molar-refractivity contribution in [2.75, 3.05) is 24.6 Å². The van der Waals surface area contributed by atoms with Crippen LogP contribution in [0, 0.1) is 12.7 Å². The van der Waals surface area contributed by atoms with Gasteiger partial charge in [0.05, 0.1) is 18.1 Å². The SMILES string of the molecule is CCNC(=NCc1ccc(C)c(F)c1)NCCC(=O)NC1CCS(=O)(=O)C1. The van der Waals surface area contributed by atoms with Gasteiger partial charge in [-0.25, -0.2) is 17.8 Å². The average molecular weight is 399 g/mol. The molecule has 1 atom stereocenters. The molecule has 1 saturated heterocycles. The van der Waals surface area contributed by atoms with E-state index in [2.05, 4.69) is 20.9 Å². The molecular weight excluding hydrogens is 371 g/mol. The van der Waals surface area contributed by atoms with E-state index in [1.165, 1.54) is 6.07 Å². The number of nitrogens with one attached hydrogen (secondary N) is 3. The lowest BCUT2D eigenvalue weighted by atomic mass is 10.1. The van der Waals surface area contributed by atoms with Crippen molar-refractivity contribution in [2.24, 2.45) is 4.99 Å². The highest BCUT2D eigenvalue weighted by Crippen LogP contribution is 2.11. The maximum atomic E-state index is 13.6. The smallest absolute Gasteiger partial charge is 0.222 e. The Hall–Kier alpha value is -2.16. The van der Waals surface area contributed by atoms with Gasteiger partial charge in [-0.15, -0.1) is 0 Å². The zero-order valence-electron chi connectivity index (χ0n) is 15.7. The van der Waals surface area contributed by atoms with Gasteiger partial charge in [0.15, 0.2) is 15.8 Å². The largest absolute Gasteiger partial charge is 0.357 e. The number of amides is 1. The number of hydrogen-bond acceptors (Lipinski definition) is 4. The van der Waals surface area contributed by atoms with Crippen molar-refractivity contribution in [3.05, 3.63) is 35.1 Å². The lowest BCUT2D eigenvalue weighted by Crippen LogP contribution is -2.41. The van der Waals surface area contributed by atoms with Crippen molar-refractivity contribution in [1.29, 1.82) is 0 Å². The fraction of sp³-hybridized carbons (Fsp3) is 0.556. The van der Waals surface area contributed by atoms with E-state index in [0.29, 0.717) is 37.6 Å². The first kappa shape index (κ1) is 21.1. The Bertz CT molecular complexity index is 796. The monoisotopic (exact) mass is 398 g/mol. The average Bonchev–Trinajstić information content (AvgIpc) is 2.94. The third kappa shape index (κ3) is 7.16. The topological polar surface area (TPSA) is 99.7 Å². The minimum atomic E-state index is -3.01. The van der Waals surface area contributed by atoms with Gasteiger partial charge < -0.3 is 16.0 Å². The van der Waals surface area contributed by atoms with Crippen LogP contribution in [0.3, 0.4) is 0 Å². The van der Waals surface area contributed by atoms with E-state index in [0.717, 1.165) is 5.56 Å². The number of halogens is 1. The number of aliphatic imine (C=N–C) groups is 1. The Morgan fingerprint density at radius 3 is 2.74 bits per heavy atom. The second-order valence-corrected chi connectivity index (χ2v) is 8.85. The standard InChI is InChI=1S/C18H27FN4O3S/c1-3-20-18(22-11-14-5-4-13(2)16(19)10-14)21-8-6-17(24)23-15-7-9-27(25,26)12-15/h4-5,10,15H,3,6-9,11-12H2,1-2H3,(H,23,24)(H2,20,21,22). The summed E-state index contributed by atoms with van der Waals surface area (Å²) < 4.78 is 36.4. The van der Waals surface area contributed by atoms with E-state index in [-0.39, 0.29) is 35.7 Å². The molecule has 9 heteroatoms. The zero-order valence-corrected chi connectivity index (χ0v) is 16.5.